The first kappa shape index (κ1) is 31.4. The summed E-state index contributed by atoms with van der Waals surface area (Å²) in [6.45, 7) is 13.9. The Morgan fingerprint density at radius 3 is 2.00 bits per heavy atom. The van der Waals surface area contributed by atoms with Gasteiger partial charge in [0.25, 0.3) is 0 Å². The maximum absolute atomic E-state index is 12.8. The minimum Gasteiger partial charge on any atom is -0.350 e. The average Bonchev–Trinajstić information content (AvgIpc) is 3.30. The van der Waals surface area contributed by atoms with E-state index in [1.54, 1.807) is 18.9 Å². The number of rotatable bonds is 7. The van der Waals surface area contributed by atoms with Crippen molar-refractivity contribution >= 4 is 18.2 Å². The molecule has 7 heteroatoms. The van der Waals surface area contributed by atoms with Crippen LogP contribution < -0.4 is 5.32 Å². The maximum Gasteiger partial charge on any atom is 0.249 e. The standard InChI is InChI=1S/C20H27N3O3.C6H13N.C3H8/c1-14(2)18(22(4)19(25)10-21-13-24)9-15(3)20(26)23-11-16-7-5-6-8-17(16)12-23;1-7-5-3-2-4-6-7;1-3-2/h5-9,13-14,18H,10-12H2,1-4H3,(H,21,24);2-6H2,1H3;3H2,1-2H3/b15-9+;;/t18-;;/m1../s1. The van der Waals surface area contributed by atoms with Crippen molar-refractivity contribution in [3.8, 4) is 0 Å². The van der Waals surface area contributed by atoms with E-state index in [2.05, 4.69) is 31.1 Å². The van der Waals surface area contributed by atoms with Gasteiger partial charge in [0.1, 0.15) is 0 Å². The number of likely N-dealkylation sites (N-methyl/N-ethyl adjacent to an activating group) is 1. The van der Waals surface area contributed by atoms with Crippen molar-refractivity contribution in [3.05, 3.63) is 47.0 Å². The molecule has 1 saturated heterocycles. The molecule has 7 nitrogen and oxygen atoms in total. The molecule has 0 spiro atoms. The summed E-state index contributed by atoms with van der Waals surface area (Å²) >= 11 is 0. The van der Waals surface area contributed by atoms with Crippen LogP contribution in [0.5, 0.6) is 0 Å². The number of fused-ring (bicyclic) bond motifs is 1. The summed E-state index contributed by atoms with van der Waals surface area (Å²) in [4.78, 5) is 41.2. The molecule has 1 N–H and O–H groups in total. The number of hydrogen-bond acceptors (Lipinski definition) is 4. The Balaban J connectivity index is 0.000000540. The van der Waals surface area contributed by atoms with Gasteiger partial charge in [0.15, 0.2) is 0 Å². The largest absolute Gasteiger partial charge is 0.350 e. The molecule has 1 fully saturated rings. The summed E-state index contributed by atoms with van der Waals surface area (Å²) in [5.41, 5.74) is 2.99. The molecule has 0 bridgehead atoms. The van der Waals surface area contributed by atoms with Gasteiger partial charge in [-0.15, -0.1) is 0 Å². The van der Waals surface area contributed by atoms with E-state index < -0.39 is 0 Å². The number of carbonyl (C=O) groups is 3. The highest BCUT2D eigenvalue weighted by Gasteiger charge is 2.26. The Morgan fingerprint density at radius 2 is 1.58 bits per heavy atom. The molecule has 1 aromatic rings. The van der Waals surface area contributed by atoms with Crippen LogP contribution in [0.15, 0.2) is 35.9 Å². The van der Waals surface area contributed by atoms with Crippen LogP contribution in [-0.2, 0) is 27.5 Å². The zero-order valence-corrected chi connectivity index (χ0v) is 23.5. The second kappa shape index (κ2) is 16.9. The summed E-state index contributed by atoms with van der Waals surface area (Å²) in [5.74, 6) is -0.0710. The highest BCUT2D eigenvalue weighted by atomic mass is 16.2. The van der Waals surface area contributed by atoms with E-state index in [-0.39, 0.29) is 30.3 Å². The van der Waals surface area contributed by atoms with E-state index in [1.165, 1.54) is 49.9 Å². The van der Waals surface area contributed by atoms with Gasteiger partial charge in [-0.25, -0.2) is 0 Å². The fraction of sp³-hybridized carbons (Fsp3) is 0.621. The van der Waals surface area contributed by atoms with Crippen LogP contribution in [0.3, 0.4) is 0 Å². The van der Waals surface area contributed by atoms with E-state index in [0.29, 0.717) is 25.1 Å². The monoisotopic (exact) mass is 500 g/mol. The Kier molecular flexibility index (Phi) is 14.7. The van der Waals surface area contributed by atoms with E-state index in [4.69, 9.17) is 0 Å². The molecule has 1 atom stereocenters. The first-order chi connectivity index (χ1) is 17.2. The molecular formula is C29H48N4O3. The molecule has 2 heterocycles. The normalized spacial score (nSPS) is 16.1. The van der Waals surface area contributed by atoms with E-state index >= 15 is 0 Å². The molecule has 0 aromatic heterocycles. The molecule has 202 valence electrons. The molecule has 36 heavy (non-hydrogen) atoms. The molecule has 3 rings (SSSR count). The molecule has 0 aliphatic carbocycles. The van der Waals surface area contributed by atoms with Crippen LogP contribution in [0.1, 0.15) is 71.4 Å². The zero-order chi connectivity index (χ0) is 27.1. The molecule has 2 aliphatic heterocycles. The van der Waals surface area contributed by atoms with Crippen molar-refractivity contribution in [3.63, 3.8) is 0 Å². The first-order valence-electron chi connectivity index (χ1n) is 13.3. The Bertz CT molecular complexity index is 822. The zero-order valence-electron chi connectivity index (χ0n) is 23.5. The van der Waals surface area contributed by atoms with Crippen molar-refractivity contribution < 1.29 is 14.4 Å². The average molecular weight is 501 g/mol. The van der Waals surface area contributed by atoms with Crippen LogP contribution in [0.4, 0.5) is 0 Å². The minimum atomic E-state index is -0.218. The van der Waals surface area contributed by atoms with Crippen LogP contribution in [0, 0.1) is 5.92 Å². The number of likely N-dealkylation sites (tertiary alicyclic amines) is 1. The quantitative estimate of drug-likeness (QED) is 0.449. The number of benzene rings is 1. The van der Waals surface area contributed by atoms with Gasteiger partial charge in [-0.3, -0.25) is 14.4 Å². The highest BCUT2D eigenvalue weighted by molar-refractivity contribution is 5.93. The van der Waals surface area contributed by atoms with Gasteiger partial charge in [-0.05, 0) is 56.9 Å². The van der Waals surface area contributed by atoms with E-state index in [9.17, 15) is 14.4 Å². The van der Waals surface area contributed by atoms with E-state index in [0.717, 1.165) is 0 Å². The molecule has 0 unspecified atom stereocenters. The molecule has 1 aromatic carbocycles. The third-order valence-electron chi connectivity index (χ3n) is 6.33. The van der Waals surface area contributed by atoms with Crippen molar-refractivity contribution in [1.29, 1.82) is 0 Å². The number of hydrogen-bond donors (Lipinski definition) is 1. The van der Waals surface area contributed by atoms with E-state index in [1.807, 2.05) is 49.1 Å². The SMILES string of the molecule is C/C(=C\[C@H](C(C)C)N(C)C(=O)CNC=O)C(=O)N1Cc2ccccc2C1.CCC.CN1CCCCC1. The third kappa shape index (κ3) is 10.5. The number of nitrogens with one attached hydrogen (secondary N) is 1. The van der Waals surface area contributed by atoms with Gasteiger partial charge in [-0.1, -0.05) is 70.9 Å². The number of carbonyl (C=O) groups excluding carboxylic acids is 3. The lowest BCUT2D eigenvalue weighted by Gasteiger charge is -2.30. The summed E-state index contributed by atoms with van der Waals surface area (Å²) in [7, 11) is 3.89. The molecule has 3 amide bonds. The smallest absolute Gasteiger partial charge is 0.249 e. The van der Waals surface area contributed by atoms with Gasteiger partial charge in [0.05, 0.1) is 12.6 Å². The molecule has 0 saturated carbocycles. The van der Waals surface area contributed by atoms with Crippen LogP contribution in [0.25, 0.3) is 0 Å². The second-order valence-electron chi connectivity index (χ2n) is 10.1. The van der Waals surface area contributed by atoms with Gasteiger partial charge in [0, 0.05) is 25.7 Å². The Morgan fingerprint density at radius 1 is 1.06 bits per heavy atom. The summed E-state index contributed by atoms with van der Waals surface area (Å²) in [6.07, 6.45) is 7.89. The second-order valence-corrected chi connectivity index (χ2v) is 10.1. The highest BCUT2D eigenvalue weighted by Crippen LogP contribution is 2.24. The lowest BCUT2D eigenvalue weighted by Crippen LogP contribution is -2.43. The lowest BCUT2D eigenvalue weighted by molar-refractivity contribution is -0.132. The predicted molar refractivity (Wildman–Crippen MR) is 147 cm³/mol. The number of piperidine rings is 1. The molecule has 0 radical (unpaired) electrons. The van der Waals surface area contributed by atoms with Gasteiger partial charge < -0.3 is 20.0 Å². The van der Waals surface area contributed by atoms with Crippen LogP contribution >= 0.6 is 0 Å². The summed E-state index contributed by atoms with van der Waals surface area (Å²) in [5, 5.41) is 2.39. The van der Waals surface area contributed by atoms with Crippen molar-refractivity contribution in [1.82, 2.24) is 20.0 Å². The Hall–Kier alpha value is -2.67. The van der Waals surface area contributed by atoms with Crippen LogP contribution in [0.2, 0.25) is 0 Å². The third-order valence-corrected chi connectivity index (χ3v) is 6.33. The Labute approximate surface area is 218 Å². The number of amides is 3. The van der Waals surface area contributed by atoms with Crippen molar-refractivity contribution in [2.75, 3.05) is 33.7 Å². The topological polar surface area (TPSA) is 73.0 Å². The van der Waals surface area contributed by atoms with Gasteiger partial charge >= 0.3 is 0 Å². The van der Waals surface area contributed by atoms with Crippen LogP contribution in [-0.4, -0.2) is 72.7 Å². The van der Waals surface area contributed by atoms with Gasteiger partial charge in [-0.2, -0.15) is 0 Å². The predicted octanol–water partition coefficient (Wildman–Crippen LogP) is 4.22. The van der Waals surface area contributed by atoms with Crippen molar-refractivity contribution in [2.24, 2.45) is 5.92 Å². The fourth-order valence-electron chi connectivity index (χ4n) is 4.28. The molecular weight excluding hydrogens is 452 g/mol. The fourth-order valence-corrected chi connectivity index (χ4v) is 4.28. The van der Waals surface area contributed by atoms with Gasteiger partial charge in [0.2, 0.25) is 18.2 Å². The summed E-state index contributed by atoms with van der Waals surface area (Å²) in [6, 6.07) is 7.84. The maximum atomic E-state index is 12.8. The summed E-state index contributed by atoms with van der Waals surface area (Å²) < 4.78 is 0. The lowest BCUT2D eigenvalue weighted by atomic mass is 9.99. The number of nitrogens with zero attached hydrogens (tertiary/aromatic N) is 3. The van der Waals surface area contributed by atoms with Crippen molar-refractivity contribution in [2.45, 2.75) is 79.4 Å². The minimum absolute atomic E-state index is 0.0151. The molecule has 2 aliphatic rings. The first-order valence-corrected chi connectivity index (χ1v) is 13.3.